The maximum atomic E-state index is 4.84. The predicted molar refractivity (Wildman–Crippen MR) is 113 cm³/mol. The zero-order valence-corrected chi connectivity index (χ0v) is 17.7. The number of hydrogen-bond acceptors (Lipinski definition) is 3. The Morgan fingerprint density at radius 2 is 2.11 bits per heavy atom. The molecule has 6 nitrogen and oxygen atoms in total. The van der Waals surface area contributed by atoms with E-state index in [1.165, 1.54) is 31.2 Å². The standard InChI is InChI=1S/C20H29BrN6/c1-3-19-26-23-14-27(19)13-12-22-20(25-16-8-4-5-9-16)24-15(2)17-10-6-7-11-18(17)21/h6-7,10-11,14-16H,3-5,8-9,12-13H2,1-2H3,(H2,22,24,25). The fraction of sp³-hybridized carbons (Fsp3) is 0.550. The number of halogens is 1. The van der Waals surface area contributed by atoms with Gasteiger partial charge in [-0.1, -0.05) is 53.9 Å². The van der Waals surface area contributed by atoms with Crippen molar-refractivity contribution in [3.63, 3.8) is 0 Å². The van der Waals surface area contributed by atoms with E-state index in [1.54, 1.807) is 6.33 Å². The van der Waals surface area contributed by atoms with Crippen LogP contribution in [0, 0.1) is 0 Å². The van der Waals surface area contributed by atoms with E-state index >= 15 is 0 Å². The molecule has 2 N–H and O–H groups in total. The van der Waals surface area contributed by atoms with Crippen molar-refractivity contribution in [2.24, 2.45) is 4.99 Å². The number of nitrogens with zero attached hydrogens (tertiary/aromatic N) is 4. The lowest BCUT2D eigenvalue weighted by atomic mass is 10.1. The van der Waals surface area contributed by atoms with Crippen molar-refractivity contribution >= 4 is 21.9 Å². The summed E-state index contributed by atoms with van der Waals surface area (Å²) in [6, 6.07) is 9.00. The van der Waals surface area contributed by atoms with Crippen LogP contribution in [0.4, 0.5) is 0 Å². The van der Waals surface area contributed by atoms with Crippen LogP contribution in [0.5, 0.6) is 0 Å². The van der Waals surface area contributed by atoms with Gasteiger partial charge in [-0.05, 0) is 31.4 Å². The molecule has 0 spiro atoms. The van der Waals surface area contributed by atoms with Crippen LogP contribution in [0.15, 0.2) is 40.1 Å². The fourth-order valence-electron chi connectivity index (χ4n) is 3.51. The molecule has 1 aliphatic carbocycles. The molecule has 0 bridgehead atoms. The highest BCUT2D eigenvalue weighted by Gasteiger charge is 2.18. The molecule has 1 aromatic heterocycles. The zero-order chi connectivity index (χ0) is 19.1. The lowest BCUT2D eigenvalue weighted by Crippen LogP contribution is -2.43. The molecular weight excluding hydrogens is 404 g/mol. The molecule has 7 heteroatoms. The topological polar surface area (TPSA) is 67.1 Å². The zero-order valence-electron chi connectivity index (χ0n) is 16.2. The van der Waals surface area contributed by atoms with Crippen molar-refractivity contribution < 1.29 is 0 Å². The molecule has 3 rings (SSSR count). The van der Waals surface area contributed by atoms with Crippen molar-refractivity contribution in [3.8, 4) is 0 Å². The lowest BCUT2D eigenvalue weighted by Gasteiger charge is -2.22. The monoisotopic (exact) mass is 432 g/mol. The minimum absolute atomic E-state index is 0.161. The van der Waals surface area contributed by atoms with Gasteiger partial charge in [-0.25, -0.2) is 0 Å². The quantitative estimate of drug-likeness (QED) is 0.514. The Balaban J connectivity index is 1.67. The average Bonchev–Trinajstić information content (AvgIpc) is 3.33. The molecule has 146 valence electrons. The van der Waals surface area contributed by atoms with E-state index in [4.69, 9.17) is 4.99 Å². The van der Waals surface area contributed by atoms with Gasteiger partial charge in [0.05, 0.1) is 12.6 Å². The second kappa shape index (κ2) is 9.88. The maximum Gasteiger partial charge on any atom is 0.192 e. The minimum Gasteiger partial charge on any atom is -0.354 e. The molecule has 0 saturated heterocycles. The van der Waals surface area contributed by atoms with Gasteiger partial charge in [-0.3, -0.25) is 4.99 Å². The summed E-state index contributed by atoms with van der Waals surface area (Å²) < 4.78 is 3.19. The number of guanidine groups is 1. The summed E-state index contributed by atoms with van der Waals surface area (Å²) in [7, 11) is 0. The van der Waals surface area contributed by atoms with Crippen molar-refractivity contribution in [3.05, 3.63) is 46.5 Å². The third kappa shape index (κ3) is 5.54. The van der Waals surface area contributed by atoms with E-state index in [1.807, 2.05) is 6.07 Å². The van der Waals surface area contributed by atoms with Gasteiger partial charge in [0.15, 0.2) is 5.96 Å². The Morgan fingerprint density at radius 1 is 1.33 bits per heavy atom. The third-order valence-electron chi connectivity index (χ3n) is 5.04. The summed E-state index contributed by atoms with van der Waals surface area (Å²) in [5, 5.41) is 15.3. The van der Waals surface area contributed by atoms with Crippen LogP contribution in [-0.4, -0.2) is 33.3 Å². The Bertz CT molecular complexity index is 750. The number of hydrogen-bond donors (Lipinski definition) is 2. The first-order valence-electron chi connectivity index (χ1n) is 9.86. The normalized spacial score (nSPS) is 16.5. The number of aryl methyl sites for hydroxylation is 1. The van der Waals surface area contributed by atoms with Crippen LogP contribution in [0.1, 0.15) is 57.0 Å². The van der Waals surface area contributed by atoms with Gasteiger partial charge in [0.2, 0.25) is 0 Å². The smallest absolute Gasteiger partial charge is 0.192 e. The van der Waals surface area contributed by atoms with Crippen molar-refractivity contribution in [2.45, 2.75) is 64.6 Å². The Hall–Kier alpha value is -1.89. The average molecular weight is 433 g/mol. The molecule has 1 aliphatic rings. The summed E-state index contributed by atoms with van der Waals surface area (Å²) in [6.45, 7) is 5.74. The van der Waals surface area contributed by atoms with E-state index in [0.717, 1.165) is 29.2 Å². The Kier molecular flexibility index (Phi) is 7.26. The molecule has 1 saturated carbocycles. The van der Waals surface area contributed by atoms with E-state index < -0.39 is 0 Å². The third-order valence-corrected chi connectivity index (χ3v) is 5.77. The van der Waals surface area contributed by atoms with Gasteiger partial charge in [-0.2, -0.15) is 0 Å². The van der Waals surface area contributed by atoms with Gasteiger partial charge in [0.1, 0.15) is 12.2 Å². The molecule has 1 heterocycles. The fourth-order valence-corrected chi connectivity index (χ4v) is 4.14. The second-order valence-corrected chi connectivity index (χ2v) is 7.89. The maximum absolute atomic E-state index is 4.84. The molecule has 1 fully saturated rings. The van der Waals surface area contributed by atoms with Crippen LogP contribution < -0.4 is 10.6 Å². The van der Waals surface area contributed by atoms with Crippen LogP contribution in [-0.2, 0) is 13.0 Å². The van der Waals surface area contributed by atoms with E-state index in [2.05, 4.69) is 73.4 Å². The first-order valence-corrected chi connectivity index (χ1v) is 10.6. The number of benzene rings is 1. The van der Waals surface area contributed by atoms with Crippen molar-refractivity contribution in [2.75, 3.05) is 6.54 Å². The molecule has 27 heavy (non-hydrogen) atoms. The largest absolute Gasteiger partial charge is 0.354 e. The van der Waals surface area contributed by atoms with Crippen LogP contribution in [0.2, 0.25) is 0 Å². The van der Waals surface area contributed by atoms with Gasteiger partial charge < -0.3 is 15.2 Å². The van der Waals surface area contributed by atoms with Gasteiger partial charge >= 0.3 is 0 Å². The summed E-state index contributed by atoms with van der Waals surface area (Å²) >= 11 is 3.65. The summed E-state index contributed by atoms with van der Waals surface area (Å²) in [4.78, 5) is 4.84. The predicted octanol–water partition coefficient (Wildman–Crippen LogP) is 3.84. The summed E-state index contributed by atoms with van der Waals surface area (Å²) in [5.74, 6) is 1.89. The van der Waals surface area contributed by atoms with Gasteiger partial charge in [0.25, 0.3) is 0 Å². The van der Waals surface area contributed by atoms with Crippen molar-refractivity contribution in [1.82, 2.24) is 25.4 Å². The molecule has 1 aromatic carbocycles. The van der Waals surface area contributed by atoms with Crippen LogP contribution in [0.25, 0.3) is 0 Å². The SMILES string of the molecule is CCc1nncn1CCN=C(NC1CCCC1)NC(C)c1ccccc1Br. The Morgan fingerprint density at radius 3 is 2.85 bits per heavy atom. The number of nitrogens with one attached hydrogen (secondary N) is 2. The minimum atomic E-state index is 0.161. The van der Waals surface area contributed by atoms with E-state index in [9.17, 15) is 0 Å². The first-order chi connectivity index (χ1) is 13.2. The highest BCUT2D eigenvalue weighted by atomic mass is 79.9. The second-order valence-electron chi connectivity index (χ2n) is 7.04. The highest BCUT2D eigenvalue weighted by molar-refractivity contribution is 9.10. The summed E-state index contributed by atoms with van der Waals surface area (Å²) in [6.07, 6.45) is 7.70. The Labute approximate surface area is 170 Å². The highest BCUT2D eigenvalue weighted by Crippen LogP contribution is 2.23. The van der Waals surface area contributed by atoms with Crippen LogP contribution >= 0.6 is 15.9 Å². The first kappa shape index (κ1) is 19.9. The number of rotatable bonds is 7. The molecular formula is C20H29BrN6. The number of aliphatic imine (C=N–C) groups is 1. The van der Waals surface area contributed by atoms with E-state index in [-0.39, 0.29) is 6.04 Å². The lowest BCUT2D eigenvalue weighted by molar-refractivity contribution is 0.588. The molecule has 1 atom stereocenters. The van der Waals surface area contributed by atoms with Crippen LogP contribution in [0.3, 0.4) is 0 Å². The molecule has 2 aromatic rings. The molecule has 0 amide bonds. The number of aromatic nitrogens is 3. The molecule has 0 aliphatic heterocycles. The molecule has 1 unspecified atom stereocenters. The van der Waals surface area contributed by atoms with E-state index in [0.29, 0.717) is 12.6 Å². The molecule has 0 radical (unpaired) electrons. The summed E-state index contributed by atoms with van der Waals surface area (Å²) in [5.41, 5.74) is 1.23. The van der Waals surface area contributed by atoms with Crippen molar-refractivity contribution in [1.29, 1.82) is 0 Å². The van der Waals surface area contributed by atoms with Gasteiger partial charge in [-0.15, -0.1) is 10.2 Å². The van der Waals surface area contributed by atoms with Gasteiger partial charge in [0, 0.05) is 23.5 Å².